The Morgan fingerprint density at radius 1 is 1.12 bits per heavy atom. The zero-order valence-electron chi connectivity index (χ0n) is 15.2. The topological polar surface area (TPSA) is 87.7 Å². The molecule has 1 aliphatic rings. The van der Waals surface area contributed by atoms with E-state index in [4.69, 9.17) is 4.74 Å². The smallest absolute Gasteiger partial charge is 0.261 e. The van der Waals surface area contributed by atoms with Gasteiger partial charge in [0.05, 0.1) is 17.7 Å². The average molecular weight is 384 g/mol. The van der Waals surface area contributed by atoms with Gasteiger partial charge >= 0.3 is 0 Å². The van der Waals surface area contributed by atoms with Gasteiger partial charge in [-0.05, 0) is 24.6 Å². The molecule has 0 spiro atoms. The highest BCUT2D eigenvalue weighted by atomic mass is 35.5. The Morgan fingerprint density at radius 2 is 1.85 bits per heavy atom. The second-order valence-electron chi connectivity index (χ2n) is 5.87. The lowest BCUT2D eigenvalue weighted by atomic mass is 10.1. The van der Waals surface area contributed by atoms with E-state index in [1.54, 1.807) is 19.2 Å². The molecule has 0 radical (unpaired) electrons. The second kappa shape index (κ2) is 10.9. The van der Waals surface area contributed by atoms with E-state index >= 15 is 0 Å². The summed E-state index contributed by atoms with van der Waals surface area (Å²) < 4.78 is 4.92. The fourth-order valence-electron chi connectivity index (χ4n) is 2.62. The molecular weight excluding hydrogens is 358 g/mol. The number of hydrogen-bond acceptors (Lipinski definition) is 5. The van der Waals surface area contributed by atoms with E-state index in [1.807, 2.05) is 6.92 Å². The summed E-state index contributed by atoms with van der Waals surface area (Å²) in [6.07, 6.45) is 1.67. The molecule has 1 heterocycles. The molecule has 26 heavy (non-hydrogen) atoms. The van der Waals surface area contributed by atoms with Gasteiger partial charge in [0.15, 0.2) is 0 Å². The highest BCUT2D eigenvalue weighted by molar-refractivity contribution is 6.22. The Kier molecular flexibility index (Phi) is 9.26. The van der Waals surface area contributed by atoms with Gasteiger partial charge in [-0.1, -0.05) is 13.3 Å². The summed E-state index contributed by atoms with van der Waals surface area (Å²) in [5.74, 6) is -0.851. The molecule has 0 aromatic heterocycles. The Morgan fingerprint density at radius 3 is 2.54 bits per heavy atom. The van der Waals surface area contributed by atoms with E-state index in [1.165, 1.54) is 11.0 Å². The molecule has 1 aromatic rings. The van der Waals surface area contributed by atoms with E-state index in [9.17, 15) is 14.4 Å². The first-order valence-corrected chi connectivity index (χ1v) is 8.58. The van der Waals surface area contributed by atoms with Gasteiger partial charge in [-0.3, -0.25) is 19.3 Å². The Labute approximate surface area is 159 Å². The summed E-state index contributed by atoms with van der Waals surface area (Å²) in [5, 5.41) is 5.91. The Hall–Kier alpha value is -1.96. The average Bonchev–Trinajstić information content (AvgIpc) is 2.86. The van der Waals surface area contributed by atoms with Crippen LogP contribution in [0, 0.1) is 0 Å². The SMILES string of the molecule is CCCCN1C(=O)c2ccc(C(=O)NCCNCCOC)cc2C1=O.Cl. The number of amides is 3. The minimum absolute atomic E-state index is 0. The zero-order chi connectivity index (χ0) is 18.2. The number of rotatable bonds is 10. The molecule has 3 amide bonds. The lowest BCUT2D eigenvalue weighted by Gasteiger charge is -2.12. The summed E-state index contributed by atoms with van der Waals surface area (Å²) in [6.45, 7) is 4.85. The molecule has 1 aliphatic heterocycles. The van der Waals surface area contributed by atoms with Crippen molar-refractivity contribution >= 4 is 30.1 Å². The van der Waals surface area contributed by atoms with Gasteiger partial charge in [-0.15, -0.1) is 12.4 Å². The summed E-state index contributed by atoms with van der Waals surface area (Å²) in [5.41, 5.74) is 1.07. The number of halogens is 1. The van der Waals surface area contributed by atoms with Crippen LogP contribution in [0.2, 0.25) is 0 Å². The monoisotopic (exact) mass is 383 g/mol. The Balaban J connectivity index is 0.00000338. The van der Waals surface area contributed by atoms with Crippen molar-refractivity contribution in [2.24, 2.45) is 0 Å². The lowest BCUT2D eigenvalue weighted by Crippen LogP contribution is -2.33. The van der Waals surface area contributed by atoms with E-state index in [2.05, 4.69) is 10.6 Å². The van der Waals surface area contributed by atoms with Crippen molar-refractivity contribution < 1.29 is 19.1 Å². The normalized spacial score (nSPS) is 12.8. The molecule has 0 aliphatic carbocycles. The number of hydrogen-bond donors (Lipinski definition) is 2. The van der Waals surface area contributed by atoms with Gasteiger partial charge in [0.25, 0.3) is 17.7 Å². The van der Waals surface area contributed by atoms with Crippen LogP contribution in [-0.2, 0) is 4.74 Å². The van der Waals surface area contributed by atoms with E-state index in [-0.39, 0.29) is 30.1 Å². The third-order valence-electron chi connectivity index (χ3n) is 4.04. The van der Waals surface area contributed by atoms with Crippen LogP contribution in [0.5, 0.6) is 0 Å². The van der Waals surface area contributed by atoms with Crippen LogP contribution in [0.15, 0.2) is 18.2 Å². The number of benzene rings is 1. The lowest BCUT2D eigenvalue weighted by molar-refractivity contribution is 0.0652. The van der Waals surface area contributed by atoms with Gasteiger partial charge in [0, 0.05) is 38.9 Å². The van der Waals surface area contributed by atoms with Crippen LogP contribution in [0.1, 0.15) is 50.8 Å². The first kappa shape index (κ1) is 22.1. The second-order valence-corrected chi connectivity index (χ2v) is 5.87. The molecule has 0 atom stereocenters. The minimum Gasteiger partial charge on any atom is -0.383 e. The molecule has 0 saturated carbocycles. The molecule has 2 rings (SSSR count). The molecular formula is C18H26ClN3O4. The molecule has 144 valence electrons. The Bertz CT molecular complexity index is 651. The van der Waals surface area contributed by atoms with Gasteiger partial charge in [-0.2, -0.15) is 0 Å². The largest absolute Gasteiger partial charge is 0.383 e. The highest BCUT2D eigenvalue weighted by Crippen LogP contribution is 2.24. The fraction of sp³-hybridized carbons (Fsp3) is 0.500. The fourth-order valence-corrected chi connectivity index (χ4v) is 2.62. The third kappa shape index (κ3) is 5.27. The van der Waals surface area contributed by atoms with E-state index in [0.29, 0.717) is 42.9 Å². The summed E-state index contributed by atoms with van der Waals surface area (Å²) in [4.78, 5) is 38.1. The van der Waals surface area contributed by atoms with Crippen LogP contribution in [0.25, 0.3) is 0 Å². The molecule has 0 fully saturated rings. The van der Waals surface area contributed by atoms with Crippen molar-refractivity contribution in [1.29, 1.82) is 0 Å². The number of carbonyl (C=O) groups is 3. The van der Waals surface area contributed by atoms with E-state index < -0.39 is 0 Å². The highest BCUT2D eigenvalue weighted by Gasteiger charge is 2.35. The van der Waals surface area contributed by atoms with E-state index in [0.717, 1.165) is 19.4 Å². The predicted octanol–water partition coefficient (Wildman–Crippen LogP) is 1.47. The van der Waals surface area contributed by atoms with Crippen molar-refractivity contribution in [2.75, 3.05) is 39.9 Å². The maximum atomic E-state index is 12.4. The first-order valence-electron chi connectivity index (χ1n) is 8.58. The molecule has 7 nitrogen and oxygen atoms in total. The van der Waals surface area contributed by atoms with Crippen molar-refractivity contribution in [1.82, 2.24) is 15.5 Å². The quantitative estimate of drug-likeness (QED) is 0.472. The molecule has 8 heteroatoms. The third-order valence-corrected chi connectivity index (χ3v) is 4.04. The van der Waals surface area contributed by atoms with Crippen molar-refractivity contribution in [3.05, 3.63) is 34.9 Å². The zero-order valence-corrected chi connectivity index (χ0v) is 16.0. The summed E-state index contributed by atoms with van der Waals surface area (Å²) in [6, 6.07) is 4.66. The van der Waals surface area contributed by atoms with Crippen molar-refractivity contribution in [2.45, 2.75) is 19.8 Å². The number of ether oxygens (including phenoxy) is 1. The van der Waals surface area contributed by atoms with Crippen LogP contribution < -0.4 is 10.6 Å². The predicted molar refractivity (Wildman–Crippen MR) is 101 cm³/mol. The van der Waals surface area contributed by atoms with Gasteiger partial charge < -0.3 is 15.4 Å². The standard InChI is InChI=1S/C18H25N3O4.ClH/c1-3-4-10-21-17(23)14-6-5-13(12-15(14)18(21)24)16(22)20-8-7-19-9-11-25-2;/h5-6,12,19H,3-4,7-11H2,1-2H3,(H,20,22);1H. The van der Waals surface area contributed by atoms with Crippen LogP contribution in [0.4, 0.5) is 0 Å². The summed E-state index contributed by atoms with van der Waals surface area (Å²) in [7, 11) is 1.63. The number of carbonyl (C=O) groups excluding carboxylic acids is 3. The number of fused-ring (bicyclic) bond motifs is 1. The molecule has 0 bridgehead atoms. The van der Waals surface area contributed by atoms with Crippen LogP contribution in [0.3, 0.4) is 0 Å². The maximum absolute atomic E-state index is 12.4. The number of methoxy groups -OCH3 is 1. The molecule has 1 aromatic carbocycles. The van der Waals surface area contributed by atoms with Gasteiger partial charge in [0.1, 0.15) is 0 Å². The van der Waals surface area contributed by atoms with Crippen molar-refractivity contribution in [3.63, 3.8) is 0 Å². The number of nitrogens with zero attached hydrogens (tertiary/aromatic N) is 1. The van der Waals surface area contributed by atoms with Gasteiger partial charge in [0.2, 0.25) is 0 Å². The van der Waals surface area contributed by atoms with Gasteiger partial charge in [-0.25, -0.2) is 0 Å². The minimum atomic E-state index is -0.315. The van der Waals surface area contributed by atoms with Crippen LogP contribution >= 0.6 is 12.4 Å². The number of nitrogens with one attached hydrogen (secondary N) is 2. The van der Waals surface area contributed by atoms with Crippen molar-refractivity contribution in [3.8, 4) is 0 Å². The van der Waals surface area contributed by atoms with Crippen LogP contribution in [-0.4, -0.2) is 62.5 Å². The molecule has 0 saturated heterocycles. The molecule has 2 N–H and O–H groups in total. The summed E-state index contributed by atoms with van der Waals surface area (Å²) >= 11 is 0. The maximum Gasteiger partial charge on any atom is 0.261 e. The molecule has 0 unspecified atom stereocenters. The number of unbranched alkanes of at least 4 members (excludes halogenated alkanes) is 1. The number of imide groups is 1. The first-order chi connectivity index (χ1) is 12.1.